The Morgan fingerprint density at radius 2 is 1.61 bits per heavy atom. The molecule has 11 heteroatoms. The molecule has 0 spiro atoms. The van der Waals surface area contributed by atoms with Crippen LogP contribution >= 0.6 is 42.8 Å². The number of ether oxygens (including phenoxy) is 2. The highest BCUT2D eigenvalue weighted by Gasteiger charge is 2.45. The number of rotatable bonds is 4. The zero-order valence-electron chi connectivity index (χ0n) is 18.2. The van der Waals surface area contributed by atoms with Crippen LogP contribution in [0.1, 0.15) is 26.3 Å². The third-order valence-corrected chi connectivity index (χ3v) is 11.0. The summed E-state index contributed by atoms with van der Waals surface area (Å²) in [6.07, 6.45) is 1.61. The lowest BCUT2D eigenvalue weighted by Crippen LogP contribution is -2.48. The summed E-state index contributed by atoms with van der Waals surface area (Å²) < 4.78 is 21.4. The summed E-state index contributed by atoms with van der Waals surface area (Å²) >= 11 is 18.0. The van der Waals surface area contributed by atoms with Crippen molar-refractivity contribution in [3.63, 3.8) is 0 Å². The number of hydrogen-bond donors (Lipinski definition) is 1. The molecule has 2 aliphatic heterocycles. The Bertz CT molecular complexity index is 844. The molecule has 0 saturated carbocycles. The van der Waals surface area contributed by atoms with Gasteiger partial charge in [-0.25, -0.2) is 4.74 Å². The van der Waals surface area contributed by atoms with E-state index >= 15 is 0 Å². The fraction of sp³-hybridized carbons (Fsp3) is 0.600. The molecule has 2 aliphatic rings. The third-order valence-electron chi connectivity index (χ3n) is 5.24. The average Bonchev–Trinajstić information content (AvgIpc) is 2.75. The fourth-order valence-electron chi connectivity index (χ4n) is 3.90. The summed E-state index contributed by atoms with van der Waals surface area (Å²) in [5.41, 5.74) is 3.64. The molecule has 0 aliphatic carbocycles. The molecule has 3 rings (SSSR count). The minimum atomic E-state index is -2.21. The highest BCUT2D eigenvalue weighted by atomic mass is 35.5. The van der Waals surface area contributed by atoms with Crippen LogP contribution in [0.25, 0.3) is 0 Å². The Labute approximate surface area is 200 Å². The van der Waals surface area contributed by atoms with Gasteiger partial charge in [-0.05, 0) is 18.3 Å². The molecule has 0 amide bonds. The number of hydrogen-bond acceptors (Lipinski definition) is 4. The van der Waals surface area contributed by atoms with E-state index in [0.717, 1.165) is 26.2 Å². The molecule has 1 N–H and O–H groups in total. The number of halogens is 2. The standard InChI is InChI=1S/C20H30Cl2N5O2PS/c1-20(2,3)30(26-7-11-28-12-8-26,27-9-13-29-14-10-27)25-19(31)24-23-15-16-5-4-6-17(21)18(16)22/h4-6,15H,7-14H2,1-3H3,(H,24,31)/b23-15+. The van der Waals surface area contributed by atoms with Gasteiger partial charge in [0.05, 0.1) is 42.7 Å². The monoisotopic (exact) mass is 505 g/mol. The first-order valence-electron chi connectivity index (χ1n) is 10.3. The van der Waals surface area contributed by atoms with Crippen LogP contribution in [0.4, 0.5) is 0 Å². The van der Waals surface area contributed by atoms with Crippen molar-refractivity contribution in [1.82, 2.24) is 14.8 Å². The van der Waals surface area contributed by atoms with Crippen molar-refractivity contribution in [2.45, 2.75) is 25.9 Å². The maximum absolute atomic E-state index is 6.24. The molecule has 172 valence electrons. The second-order valence-electron chi connectivity index (χ2n) is 8.29. The van der Waals surface area contributed by atoms with Gasteiger partial charge in [0.1, 0.15) is 7.36 Å². The Kier molecular flexibility index (Phi) is 8.92. The molecule has 1 aromatic carbocycles. The lowest BCUT2D eigenvalue weighted by atomic mass is 10.2. The predicted octanol–water partition coefficient (Wildman–Crippen LogP) is 4.70. The molecule has 2 heterocycles. The van der Waals surface area contributed by atoms with E-state index in [1.54, 1.807) is 12.3 Å². The van der Waals surface area contributed by atoms with Crippen LogP contribution in [-0.4, -0.2) is 78.4 Å². The van der Waals surface area contributed by atoms with Crippen molar-refractivity contribution in [2.24, 2.45) is 9.85 Å². The van der Waals surface area contributed by atoms with Crippen LogP contribution in [0.2, 0.25) is 10.0 Å². The summed E-state index contributed by atoms with van der Waals surface area (Å²) in [6.45, 7) is 12.8. The van der Waals surface area contributed by atoms with Crippen molar-refractivity contribution in [3.05, 3.63) is 33.8 Å². The van der Waals surface area contributed by atoms with Gasteiger partial charge < -0.3 is 9.47 Å². The van der Waals surface area contributed by atoms with Crippen LogP contribution in [-0.2, 0) is 9.47 Å². The number of nitrogens with one attached hydrogen (secondary N) is 1. The molecule has 0 atom stereocenters. The summed E-state index contributed by atoms with van der Waals surface area (Å²) in [7, 11) is -2.21. The van der Waals surface area contributed by atoms with Gasteiger partial charge in [0, 0.05) is 36.9 Å². The van der Waals surface area contributed by atoms with E-state index in [1.165, 1.54) is 0 Å². The maximum atomic E-state index is 6.24. The minimum absolute atomic E-state index is 0.118. The molecular weight excluding hydrogens is 476 g/mol. The van der Waals surface area contributed by atoms with Crippen LogP contribution in [0.5, 0.6) is 0 Å². The Morgan fingerprint density at radius 1 is 1.06 bits per heavy atom. The first kappa shape index (κ1) is 25.1. The van der Waals surface area contributed by atoms with E-state index in [9.17, 15) is 0 Å². The molecule has 0 radical (unpaired) electrons. The van der Waals surface area contributed by atoms with E-state index in [-0.39, 0.29) is 5.16 Å². The van der Waals surface area contributed by atoms with E-state index < -0.39 is 7.36 Å². The highest BCUT2D eigenvalue weighted by Crippen LogP contribution is 2.66. The summed E-state index contributed by atoms with van der Waals surface area (Å²) in [5.74, 6) is 0. The largest absolute Gasteiger partial charge is 0.379 e. The Morgan fingerprint density at radius 3 is 2.13 bits per heavy atom. The van der Waals surface area contributed by atoms with Crippen molar-refractivity contribution in [2.75, 3.05) is 52.6 Å². The lowest BCUT2D eigenvalue weighted by molar-refractivity contribution is 0.0551. The molecule has 0 aromatic heterocycles. The van der Waals surface area contributed by atoms with Crippen molar-refractivity contribution < 1.29 is 9.47 Å². The van der Waals surface area contributed by atoms with Gasteiger partial charge in [-0.1, -0.05) is 56.1 Å². The van der Waals surface area contributed by atoms with Gasteiger partial charge in [-0.3, -0.25) is 14.8 Å². The van der Waals surface area contributed by atoms with Crippen LogP contribution in [0.15, 0.2) is 28.0 Å². The minimum Gasteiger partial charge on any atom is -0.379 e. The Hall–Kier alpha value is -0.570. The van der Waals surface area contributed by atoms with Gasteiger partial charge in [-0.15, -0.1) is 0 Å². The molecule has 7 nitrogen and oxygen atoms in total. The molecule has 2 fully saturated rings. The van der Waals surface area contributed by atoms with Crippen LogP contribution < -0.4 is 5.43 Å². The molecule has 0 unspecified atom stereocenters. The quantitative estimate of drug-likeness (QED) is 0.277. The van der Waals surface area contributed by atoms with Gasteiger partial charge >= 0.3 is 0 Å². The van der Waals surface area contributed by atoms with Gasteiger partial charge in [0.15, 0.2) is 0 Å². The van der Waals surface area contributed by atoms with Crippen LogP contribution in [0, 0.1) is 0 Å². The number of nitrogens with zero attached hydrogens (tertiary/aromatic N) is 4. The third kappa shape index (κ3) is 5.87. The number of benzene rings is 1. The van der Waals surface area contributed by atoms with Crippen molar-refractivity contribution in [1.29, 1.82) is 0 Å². The number of hydrazone groups is 1. The molecule has 0 bridgehead atoms. The number of thiocarbonyl (C=S) groups is 1. The first-order chi connectivity index (χ1) is 14.8. The predicted molar refractivity (Wildman–Crippen MR) is 134 cm³/mol. The zero-order valence-corrected chi connectivity index (χ0v) is 21.4. The molecule has 2 saturated heterocycles. The SMILES string of the molecule is CC(C)(C)P(=NC(=S)N/N=C/c1cccc(Cl)c1Cl)(N1CCOCC1)N1CCOCC1. The second kappa shape index (κ2) is 11.0. The summed E-state index contributed by atoms with van der Waals surface area (Å²) in [4.78, 5) is 0. The highest BCUT2D eigenvalue weighted by molar-refractivity contribution is 7.81. The average molecular weight is 506 g/mol. The van der Waals surface area contributed by atoms with E-state index in [4.69, 9.17) is 49.6 Å². The van der Waals surface area contributed by atoms with Crippen LogP contribution in [0.3, 0.4) is 0 Å². The summed E-state index contributed by atoms with van der Waals surface area (Å²) in [6, 6.07) is 5.40. The number of morpholine rings is 2. The van der Waals surface area contributed by atoms with E-state index in [1.807, 2.05) is 12.1 Å². The van der Waals surface area contributed by atoms with Crippen molar-refractivity contribution >= 4 is 54.1 Å². The van der Waals surface area contributed by atoms with Gasteiger partial charge in [0.25, 0.3) is 0 Å². The Balaban J connectivity index is 1.92. The zero-order chi connectivity index (χ0) is 22.5. The van der Waals surface area contributed by atoms with Gasteiger partial charge in [0.2, 0.25) is 5.11 Å². The smallest absolute Gasteiger partial charge is 0.214 e. The normalized spacial score (nSPS) is 19.5. The second-order valence-corrected chi connectivity index (χ2v) is 13.3. The lowest BCUT2D eigenvalue weighted by Gasteiger charge is -2.52. The maximum Gasteiger partial charge on any atom is 0.214 e. The molecular formula is C20H30Cl2N5O2PS. The topological polar surface area (TPSA) is 61.7 Å². The van der Waals surface area contributed by atoms with Crippen molar-refractivity contribution in [3.8, 4) is 0 Å². The fourth-order valence-corrected chi connectivity index (χ4v) is 8.99. The summed E-state index contributed by atoms with van der Waals surface area (Å²) in [5, 5.41) is 5.45. The van der Waals surface area contributed by atoms with E-state index in [2.05, 4.69) is 40.6 Å². The van der Waals surface area contributed by atoms with Gasteiger partial charge in [-0.2, -0.15) is 5.10 Å². The first-order valence-corrected chi connectivity index (χ1v) is 13.1. The van der Waals surface area contributed by atoms with E-state index in [0.29, 0.717) is 47.1 Å². The molecule has 31 heavy (non-hydrogen) atoms. The molecule has 1 aromatic rings.